The molecule has 0 saturated carbocycles. The Morgan fingerprint density at radius 2 is 2.17 bits per heavy atom. The van der Waals surface area contributed by atoms with Crippen LogP contribution in [-0.4, -0.2) is 11.1 Å². The summed E-state index contributed by atoms with van der Waals surface area (Å²) >= 11 is 0. The summed E-state index contributed by atoms with van der Waals surface area (Å²) < 4.78 is 0. The van der Waals surface area contributed by atoms with E-state index in [2.05, 4.69) is 5.18 Å². The third kappa shape index (κ3) is 1.39. The van der Waals surface area contributed by atoms with Crippen LogP contribution in [0, 0.1) is 4.91 Å². The predicted molar refractivity (Wildman–Crippen MR) is 43.3 cm³/mol. The number of rotatable bonds is 2. The maximum atomic E-state index is 10.5. The van der Waals surface area contributed by atoms with Crippen molar-refractivity contribution in [3.63, 3.8) is 0 Å². The molecule has 0 fully saturated rings. The van der Waals surface area contributed by atoms with Crippen molar-refractivity contribution in [1.82, 2.24) is 0 Å². The van der Waals surface area contributed by atoms with Crippen LogP contribution in [0.4, 0.5) is 11.4 Å². The van der Waals surface area contributed by atoms with Gasteiger partial charge in [-0.05, 0) is 23.4 Å². The van der Waals surface area contributed by atoms with Crippen molar-refractivity contribution in [1.29, 1.82) is 0 Å². The maximum Gasteiger partial charge on any atom is 0.338 e. The van der Waals surface area contributed by atoms with Gasteiger partial charge < -0.3 is 10.8 Å². The number of hydrogen-bond acceptors (Lipinski definition) is 4. The number of hydrogen-bond donors (Lipinski definition) is 2. The standard InChI is InChI=1S/C7H6N2O3/c8-4-1-2-5(7(10)11)6(3-4)9-12/h1-3H,8H2,(H,10,11). The van der Waals surface area contributed by atoms with Gasteiger partial charge in [-0.2, -0.15) is 0 Å². The molecule has 1 rings (SSSR count). The number of carboxylic acids is 1. The molecule has 3 N–H and O–H groups in total. The molecule has 0 bridgehead atoms. The minimum absolute atomic E-state index is 0.140. The molecule has 0 spiro atoms. The number of nitroso groups, excluding NO2 is 1. The summed E-state index contributed by atoms with van der Waals surface area (Å²) in [5.41, 5.74) is 5.34. The van der Waals surface area contributed by atoms with Crippen molar-refractivity contribution in [2.24, 2.45) is 5.18 Å². The number of nitrogens with two attached hydrogens (primary N) is 1. The fourth-order valence-electron chi connectivity index (χ4n) is 0.805. The summed E-state index contributed by atoms with van der Waals surface area (Å²) in [7, 11) is 0. The van der Waals surface area contributed by atoms with E-state index in [0.717, 1.165) is 0 Å². The van der Waals surface area contributed by atoms with Gasteiger partial charge in [0.05, 0.1) is 5.56 Å². The second kappa shape index (κ2) is 3.00. The van der Waals surface area contributed by atoms with E-state index in [0.29, 0.717) is 5.69 Å². The molecular weight excluding hydrogens is 160 g/mol. The van der Waals surface area contributed by atoms with Gasteiger partial charge in [0, 0.05) is 5.69 Å². The number of nitrogen functional groups attached to an aromatic ring is 1. The van der Waals surface area contributed by atoms with Gasteiger partial charge in [0.1, 0.15) is 5.69 Å². The molecule has 1 aromatic carbocycles. The number of carboxylic acid groups (broad SMARTS) is 1. The molecule has 5 nitrogen and oxygen atoms in total. The van der Waals surface area contributed by atoms with E-state index >= 15 is 0 Å². The van der Waals surface area contributed by atoms with Crippen molar-refractivity contribution in [3.8, 4) is 0 Å². The van der Waals surface area contributed by atoms with Crippen LogP contribution in [0.25, 0.3) is 0 Å². The van der Waals surface area contributed by atoms with Crippen LogP contribution in [0.15, 0.2) is 23.4 Å². The highest BCUT2D eigenvalue weighted by molar-refractivity contribution is 5.94. The molecule has 0 radical (unpaired) electrons. The lowest BCUT2D eigenvalue weighted by atomic mass is 10.1. The van der Waals surface area contributed by atoms with Crippen LogP contribution in [0.5, 0.6) is 0 Å². The fraction of sp³-hybridized carbons (Fsp3) is 0. The highest BCUT2D eigenvalue weighted by atomic mass is 16.4. The lowest BCUT2D eigenvalue weighted by Crippen LogP contribution is -1.97. The van der Waals surface area contributed by atoms with E-state index in [1.807, 2.05) is 0 Å². The largest absolute Gasteiger partial charge is 0.478 e. The first-order valence-corrected chi connectivity index (χ1v) is 3.11. The molecule has 0 aromatic heterocycles. The molecule has 62 valence electrons. The van der Waals surface area contributed by atoms with Gasteiger partial charge in [-0.1, -0.05) is 0 Å². The lowest BCUT2D eigenvalue weighted by Gasteiger charge is -1.97. The zero-order valence-corrected chi connectivity index (χ0v) is 6.02. The molecule has 0 unspecified atom stereocenters. The van der Waals surface area contributed by atoms with Gasteiger partial charge in [-0.3, -0.25) is 0 Å². The summed E-state index contributed by atoms with van der Waals surface area (Å²) in [6.45, 7) is 0. The van der Waals surface area contributed by atoms with Crippen molar-refractivity contribution in [2.45, 2.75) is 0 Å². The average Bonchev–Trinajstić information content (AvgIpc) is 2.03. The number of benzene rings is 1. The highest BCUT2D eigenvalue weighted by Gasteiger charge is 2.09. The molecular formula is C7H6N2O3. The van der Waals surface area contributed by atoms with E-state index in [1.165, 1.54) is 18.2 Å². The van der Waals surface area contributed by atoms with Gasteiger partial charge >= 0.3 is 5.97 Å². The Morgan fingerprint density at radius 3 is 2.67 bits per heavy atom. The first-order valence-electron chi connectivity index (χ1n) is 3.11. The first kappa shape index (κ1) is 8.19. The number of aromatic carboxylic acids is 1. The Balaban J connectivity index is 3.29. The summed E-state index contributed by atoms with van der Waals surface area (Å²) in [4.78, 5) is 20.6. The van der Waals surface area contributed by atoms with Crippen molar-refractivity contribution < 1.29 is 9.90 Å². The van der Waals surface area contributed by atoms with E-state index in [-0.39, 0.29) is 11.3 Å². The second-order valence-corrected chi connectivity index (χ2v) is 2.17. The minimum atomic E-state index is -1.19. The van der Waals surface area contributed by atoms with Crippen LogP contribution < -0.4 is 5.73 Å². The first-order chi connectivity index (χ1) is 5.65. The molecule has 0 atom stereocenters. The van der Waals surface area contributed by atoms with Crippen molar-refractivity contribution >= 4 is 17.3 Å². The van der Waals surface area contributed by atoms with E-state index in [1.54, 1.807) is 0 Å². The van der Waals surface area contributed by atoms with E-state index in [9.17, 15) is 9.70 Å². The van der Waals surface area contributed by atoms with Crippen LogP contribution in [0.3, 0.4) is 0 Å². The maximum absolute atomic E-state index is 10.5. The number of nitrogens with zero attached hydrogens (tertiary/aromatic N) is 1. The van der Waals surface area contributed by atoms with Crippen molar-refractivity contribution in [2.75, 3.05) is 5.73 Å². The van der Waals surface area contributed by atoms with Gasteiger partial charge in [0.15, 0.2) is 0 Å². The Hall–Kier alpha value is -1.91. The minimum Gasteiger partial charge on any atom is -0.478 e. The molecule has 0 aliphatic carbocycles. The quantitative estimate of drug-likeness (QED) is 0.512. The van der Waals surface area contributed by atoms with Gasteiger partial charge in [0.2, 0.25) is 0 Å². The zero-order chi connectivity index (χ0) is 9.14. The second-order valence-electron chi connectivity index (χ2n) is 2.17. The molecule has 0 heterocycles. The Kier molecular flexibility index (Phi) is 2.05. The Morgan fingerprint density at radius 1 is 1.50 bits per heavy atom. The zero-order valence-electron chi connectivity index (χ0n) is 6.02. The predicted octanol–water partition coefficient (Wildman–Crippen LogP) is 1.36. The average molecular weight is 166 g/mol. The molecule has 1 aromatic rings. The Bertz CT molecular complexity index is 335. The SMILES string of the molecule is Nc1ccc(C(=O)O)c(N=O)c1. The number of carbonyl (C=O) groups is 1. The number of anilines is 1. The topological polar surface area (TPSA) is 92.8 Å². The van der Waals surface area contributed by atoms with Gasteiger partial charge in [-0.15, -0.1) is 4.91 Å². The fourth-order valence-corrected chi connectivity index (χ4v) is 0.805. The summed E-state index contributed by atoms with van der Waals surface area (Å²) in [6, 6.07) is 3.86. The molecule has 12 heavy (non-hydrogen) atoms. The third-order valence-electron chi connectivity index (χ3n) is 1.35. The smallest absolute Gasteiger partial charge is 0.338 e. The lowest BCUT2D eigenvalue weighted by molar-refractivity contribution is 0.0698. The summed E-state index contributed by atoms with van der Waals surface area (Å²) in [6.07, 6.45) is 0. The van der Waals surface area contributed by atoms with Gasteiger partial charge in [-0.25, -0.2) is 4.79 Å². The highest BCUT2D eigenvalue weighted by Crippen LogP contribution is 2.21. The summed E-state index contributed by atoms with van der Waals surface area (Å²) in [5.74, 6) is -1.19. The monoisotopic (exact) mass is 166 g/mol. The van der Waals surface area contributed by atoms with Crippen LogP contribution in [0.2, 0.25) is 0 Å². The molecule has 0 aliphatic rings. The normalized spacial score (nSPS) is 9.33. The molecule has 0 amide bonds. The van der Waals surface area contributed by atoms with E-state index in [4.69, 9.17) is 10.8 Å². The summed E-state index contributed by atoms with van der Waals surface area (Å²) in [5, 5.41) is 11.1. The van der Waals surface area contributed by atoms with Gasteiger partial charge in [0.25, 0.3) is 0 Å². The van der Waals surface area contributed by atoms with Crippen LogP contribution in [-0.2, 0) is 0 Å². The molecule has 5 heteroatoms. The van der Waals surface area contributed by atoms with Crippen LogP contribution >= 0.6 is 0 Å². The van der Waals surface area contributed by atoms with Crippen LogP contribution in [0.1, 0.15) is 10.4 Å². The molecule has 0 aliphatic heterocycles. The third-order valence-corrected chi connectivity index (χ3v) is 1.35. The van der Waals surface area contributed by atoms with Crippen molar-refractivity contribution in [3.05, 3.63) is 28.7 Å². The molecule has 0 saturated heterocycles. The van der Waals surface area contributed by atoms with E-state index < -0.39 is 5.97 Å². The Labute approximate surface area is 67.8 Å².